The highest BCUT2D eigenvalue weighted by Crippen LogP contribution is 2.47. The molecule has 5 nitrogen and oxygen atoms in total. The maximum atomic E-state index is 13.3. The molecule has 0 spiro atoms. The number of ether oxygens (including phenoxy) is 1. The van der Waals surface area contributed by atoms with Crippen LogP contribution in [0, 0.1) is 25.2 Å². The number of alkyl halides is 3. The largest absolute Gasteiger partial charge is 0.420 e. The highest BCUT2D eigenvalue weighted by Gasteiger charge is 2.38. The predicted octanol–water partition coefficient (Wildman–Crippen LogP) is 4.99. The van der Waals surface area contributed by atoms with Crippen LogP contribution in [0.2, 0.25) is 0 Å². The summed E-state index contributed by atoms with van der Waals surface area (Å²) < 4.78 is 45.4. The number of nitrogens with one attached hydrogen (secondary N) is 1. The van der Waals surface area contributed by atoms with E-state index in [0.717, 1.165) is 27.5 Å². The first-order chi connectivity index (χ1) is 13.7. The van der Waals surface area contributed by atoms with Gasteiger partial charge in [-0.25, -0.2) is 0 Å². The number of nitrogens with zero attached hydrogens (tertiary/aromatic N) is 2. The zero-order valence-electron chi connectivity index (χ0n) is 15.4. The molecule has 0 aliphatic carbocycles. The number of thiophene rings is 1. The number of aromatic amines is 1. The van der Waals surface area contributed by atoms with Gasteiger partial charge >= 0.3 is 6.18 Å². The number of nitriles is 1. The van der Waals surface area contributed by atoms with Gasteiger partial charge in [-0.15, -0.1) is 16.4 Å². The lowest BCUT2D eigenvalue weighted by atomic mass is 9.82. The topological polar surface area (TPSA) is 87.7 Å². The number of H-pyrrole nitrogens is 1. The molecule has 0 bridgehead atoms. The second kappa shape index (κ2) is 6.67. The molecule has 1 unspecified atom stereocenters. The lowest BCUT2D eigenvalue weighted by Crippen LogP contribution is -2.21. The standard InChI is InChI=1S/C20H15F3N4OS/c1-9-6-13(10(2)29-9)17-16-15(11-4-3-5-12(7-11)20(21,22)23)14(8-24)18(25)28-19(16)27-26-17/h3-7,15H,25H2,1-2H3,(H,26,27). The Morgan fingerprint density at radius 3 is 2.66 bits per heavy atom. The lowest BCUT2D eigenvalue weighted by molar-refractivity contribution is -0.137. The third kappa shape index (κ3) is 3.15. The quantitative estimate of drug-likeness (QED) is 0.616. The smallest absolute Gasteiger partial charge is 0.416 e. The third-order valence-electron chi connectivity index (χ3n) is 4.80. The summed E-state index contributed by atoms with van der Waals surface area (Å²) in [5.74, 6) is -0.847. The molecule has 1 aliphatic heterocycles. The SMILES string of the molecule is Cc1cc(-c2[nH]nc3c2C(c2cccc(C(F)(F)F)c2)C(C#N)=C(N)O3)c(C)s1. The van der Waals surface area contributed by atoms with E-state index in [0.29, 0.717) is 11.3 Å². The molecule has 1 aromatic carbocycles. The first-order valence-corrected chi connectivity index (χ1v) is 9.42. The third-order valence-corrected chi connectivity index (χ3v) is 5.76. The van der Waals surface area contributed by atoms with Gasteiger partial charge in [-0.05, 0) is 31.5 Å². The molecule has 1 atom stereocenters. The van der Waals surface area contributed by atoms with E-state index in [1.807, 2.05) is 26.0 Å². The summed E-state index contributed by atoms with van der Waals surface area (Å²) in [6, 6.07) is 8.85. The van der Waals surface area contributed by atoms with Crippen molar-refractivity contribution in [3.8, 4) is 23.2 Å². The molecule has 4 rings (SSSR count). The Bertz CT molecular complexity index is 1180. The molecule has 1 aliphatic rings. The van der Waals surface area contributed by atoms with Crippen molar-refractivity contribution in [2.24, 2.45) is 5.73 Å². The van der Waals surface area contributed by atoms with Gasteiger partial charge in [-0.3, -0.25) is 5.10 Å². The van der Waals surface area contributed by atoms with Crippen molar-refractivity contribution in [3.05, 3.63) is 68.2 Å². The fourth-order valence-corrected chi connectivity index (χ4v) is 4.49. The molecule has 0 saturated heterocycles. The monoisotopic (exact) mass is 416 g/mol. The number of fused-ring (bicyclic) bond motifs is 1. The second-order valence-corrected chi connectivity index (χ2v) is 8.15. The number of aryl methyl sites for hydroxylation is 2. The Labute approximate surface area is 168 Å². The van der Waals surface area contributed by atoms with Gasteiger partial charge in [0.25, 0.3) is 0 Å². The van der Waals surface area contributed by atoms with E-state index in [1.54, 1.807) is 17.4 Å². The van der Waals surface area contributed by atoms with Crippen molar-refractivity contribution in [3.63, 3.8) is 0 Å². The highest BCUT2D eigenvalue weighted by atomic mass is 32.1. The van der Waals surface area contributed by atoms with Crippen LogP contribution in [0.1, 0.15) is 32.4 Å². The van der Waals surface area contributed by atoms with Crippen molar-refractivity contribution >= 4 is 11.3 Å². The fraction of sp³-hybridized carbons (Fsp3) is 0.200. The number of allylic oxidation sites excluding steroid dienone is 1. The number of nitrogens with two attached hydrogens (primary N) is 1. The van der Waals surface area contributed by atoms with Crippen molar-refractivity contribution in [1.82, 2.24) is 10.2 Å². The summed E-state index contributed by atoms with van der Waals surface area (Å²) in [4.78, 5) is 2.08. The van der Waals surface area contributed by atoms with Crippen molar-refractivity contribution in [2.45, 2.75) is 25.9 Å². The van der Waals surface area contributed by atoms with Gasteiger partial charge in [0.1, 0.15) is 11.6 Å². The van der Waals surface area contributed by atoms with Crippen LogP contribution in [0.5, 0.6) is 5.88 Å². The average molecular weight is 416 g/mol. The molecule has 3 aromatic rings. The first kappa shape index (κ1) is 19.1. The molecule has 0 amide bonds. The maximum Gasteiger partial charge on any atom is 0.416 e. The van der Waals surface area contributed by atoms with Crippen molar-refractivity contribution in [1.29, 1.82) is 5.26 Å². The Balaban J connectivity index is 1.96. The zero-order chi connectivity index (χ0) is 20.9. The zero-order valence-corrected chi connectivity index (χ0v) is 16.2. The minimum absolute atomic E-state index is 0.0454. The summed E-state index contributed by atoms with van der Waals surface area (Å²) in [6.45, 7) is 3.90. The Morgan fingerprint density at radius 1 is 1.28 bits per heavy atom. The van der Waals surface area contributed by atoms with E-state index in [9.17, 15) is 18.4 Å². The summed E-state index contributed by atoms with van der Waals surface area (Å²) in [6.07, 6.45) is -4.51. The normalized spacial score (nSPS) is 16.3. The van der Waals surface area contributed by atoms with Gasteiger partial charge in [0.15, 0.2) is 0 Å². The predicted molar refractivity (Wildman–Crippen MR) is 102 cm³/mol. The van der Waals surface area contributed by atoms with Crippen LogP contribution in [-0.2, 0) is 6.18 Å². The van der Waals surface area contributed by atoms with Crippen LogP contribution in [0.3, 0.4) is 0 Å². The van der Waals surface area contributed by atoms with Gasteiger partial charge in [-0.1, -0.05) is 18.2 Å². The van der Waals surface area contributed by atoms with E-state index in [1.165, 1.54) is 6.07 Å². The van der Waals surface area contributed by atoms with E-state index >= 15 is 0 Å². The molecule has 29 heavy (non-hydrogen) atoms. The van der Waals surface area contributed by atoms with E-state index in [4.69, 9.17) is 10.5 Å². The summed E-state index contributed by atoms with van der Waals surface area (Å²) in [5.41, 5.74) is 7.39. The van der Waals surface area contributed by atoms with Gasteiger partial charge in [0.2, 0.25) is 11.8 Å². The molecule has 3 heterocycles. The molecule has 9 heteroatoms. The van der Waals surface area contributed by atoms with Crippen LogP contribution >= 0.6 is 11.3 Å². The second-order valence-electron chi connectivity index (χ2n) is 6.69. The van der Waals surface area contributed by atoms with Crippen molar-refractivity contribution < 1.29 is 17.9 Å². The molecule has 0 radical (unpaired) electrons. The number of halogens is 3. The molecular weight excluding hydrogens is 401 g/mol. The molecule has 0 saturated carbocycles. The minimum Gasteiger partial charge on any atom is -0.420 e. The molecule has 3 N–H and O–H groups in total. The molecular formula is C20H15F3N4OS. The number of rotatable bonds is 2. The van der Waals surface area contributed by atoms with E-state index in [-0.39, 0.29) is 22.9 Å². The van der Waals surface area contributed by atoms with Gasteiger partial charge in [-0.2, -0.15) is 18.4 Å². The Hall–Kier alpha value is -3.25. The Kier molecular flexibility index (Phi) is 4.39. The number of benzene rings is 1. The minimum atomic E-state index is -4.51. The number of hydrogen-bond donors (Lipinski definition) is 2. The van der Waals surface area contributed by atoms with Crippen LogP contribution < -0.4 is 10.5 Å². The molecule has 148 valence electrons. The van der Waals surface area contributed by atoms with E-state index in [2.05, 4.69) is 10.2 Å². The fourth-order valence-electron chi connectivity index (χ4n) is 3.56. The summed E-state index contributed by atoms with van der Waals surface area (Å²) >= 11 is 1.59. The lowest BCUT2D eigenvalue weighted by Gasteiger charge is -2.24. The van der Waals surface area contributed by atoms with Gasteiger partial charge < -0.3 is 10.5 Å². The highest BCUT2D eigenvalue weighted by molar-refractivity contribution is 7.12. The maximum absolute atomic E-state index is 13.3. The summed E-state index contributed by atoms with van der Waals surface area (Å²) in [7, 11) is 0. The van der Waals surface area contributed by atoms with Crippen LogP contribution in [0.15, 0.2) is 41.8 Å². The van der Waals surface area contributed by atoms with Crippen LogP contribution in [-0.4, -0.2) is 10.2 Å². The van der Waals surface area contributed by atoms with E-state index < -0.39 is 17.7 Å². The average Bonchev–Trinajstić information content (AvgIpc) is 3.21. The number of hydrogen-bond acceptors (Lipinski definition) is 5. The molecule has 2 aromatic heterocycles. The van der Waals surface area contributed by atoms with Gasteiger partial charge in [0, 0.05) is 15.3 Å². The van der Waals surface area contributed by atoms with Crippen molar-refractivity contribution in [2.75, 3.05) is 0 Å². The van der Waals surface area contributed by atoms with Crippen LogP contribution in [0.4, 0.5) is 13.2 Å². The van der Waals surface area contributed by atoms with Crippen LogP contribution in [0.25, 0.3) is 11.3 Å². The molecule has 0 fully saturated rings. The van der Waals surface area contributed by atoms with Gasteiger partial charge in [0.05, 0.1) is 22.7 Å². The number of aromatic nitrogens is 2. The summed E-state index contributed by atoms with van der Waals surface area (Å²) in [5, 5.41) is 16.8. The first-order valence-electron chi connectivity index (χ1n) is 8.61. The Morgan fingerprint density at radius 2 is 2.03 bits per heavy atom.